The van der Waals surface area contributed by atoms with Crippen molar-refractivity contribution in [1.82, 2.24) is 0 Å². The summed E-state index contributed by atoms with van der Waals surface area (Å²) >= 11 is 0. The number of carboxylic acids is 1. The van der Waals surface area contributed by atoms with Gasteiger partial charge in [-0.15, -0.1) is 0 Å². The third-order valence-corrected chi connectivity index (χ3v) is 17.3. The Bertz CT molecular complexity index is 1780. The van der Waals surface area contributed by atoms with E-state index >= 15 is 0 Å². The van der Waals surface area contributed by atoms with Gasteiger partial charge in [0.1, 0.15) is 72.7 Å². The highest BCUT2D eigenvalue weighted by Gasteiger charge is 2.70. The van der Waals surface area contributed by atoms with Crippen LogP contribution < -0.4 is 0 Å². The zero-order valence-electron chi connectivity index (χ0n) is 38.4. The first-order valence-electron chi connectivity index (χ1n) is 23.5. The molecule has 4 aliphatic carbocycles. The fraction of sp³-hybridized carbons (Fsp3) is 0.891. The SMILES string of the molecule is CC(C)=CC[C@H](O)[C@@H](C)[C@H]1CC[C@@]2(C(=O)O)C3=C(CC[C@]12C)[C@@]1(C)CC[C@H](O[C@@H]2O[C@H](CO)[C@H](O)[C@H](O)[C@H]2O[C@H]2OC[C@H](O[C@@H]4O[C@H](CO)[C@H](O)[C@H](O)[C@H]4O)[C@H](O)[C@H]2O)[C@@](O)(CO)C1CC3. The molecule has 66 heavy (non-hydrogen) atoms. The summed E-state index contributed by atoms with van der Waals surface area (Å²) in [6.07, 6.45) is -19.5. The third-order valence-electron chi connectivity index (χ3n) is 17.3. The van der Waals surface area contributed by atoms with Crippen LogP contribution in [0.3, 0.4) is 0 Å². The van der Waals surface area contributed by atoms with Crippen LogP contribution in [-0.2, 0) is 33.2 Å². The maximum Gasteiger partial charge on any atom is 0.314 e. The number of aliphatic carboxylic acids is 1. The van der Waals surface area contributed by atoms with E-state index in [4.69, 9.17) is 28.4 Å². The van der Waals surface area contributed by atoms with Crippen molar-refractivity contribution in [1.29, 1.82) is 0 Å². The Morgan fingerprint density at radius 1 is 0.758 bits per heavy atom. The Kier molecular flexibility index (Phi) is 15.6. The highest BCUT2D eigenvalue weighted by Crippen LogP contribution is 2.72. The second kappa shape index (κ2) is 19.8. The molecule has 1 unspecified atom stereocenters. The molecule has 13 N–H and O–H groups in total. The van der Waals surface area contributed by atoms with Crippen molar-refractivity contribution >= 4 is 5.97 Å². The number of ether oxygens (including phenoxy) is 6. The number of aliphatic hydroxyl groups excluding tert-OH is 11. The second-order valence-corrected chi connectivity index (χ2v) is 20.9. The molecular formula is C46H74O20. The second-order valence-electron chi connectivity index (χ2n) is 20.9. The van der Waals surface area contributed by atoms with Gasteiger partial charge in [-0.25, -0.2) is 0 Å². The van der Waals surface area contributed by atoms with Crippen LogP contribution in [0.5, 0.6) is 0 Å². The van der Waals surface area contributed by atoms with Crippen LogP contribution in [0.15, 0.2) is 22.8 Å². The predicted octanol–water partition coefficient (Wildman–Crippen LogP) is -1.68. The standard InChI is InChI=1S/C46H74O20/c1-20(2)6-8-25(50)21(3)22-11-15-45(42(58)59)24-7-9-29-43(4,23(24)10-14-44(22,45)5)13-12-30(46(29,60)19-49)65-41-38(35(55)32(52)27(17-48)63-41)66-39-36(56)33(53)28(18-61-39)64-40-37(57)34(54)31(51)26(16-47)62-40/h6,21-22,25-41,47-57,60H,7-19H2,1-5H3,(H,58,59)/t21-,22+,25-,26+,27+,28-,29?,30-,31-,32-,33-,34-,35-,36+,37+,38+,39+,40-,41-,43+,44+,45-,46+/m0/s1. The Morgan fingerprint density at radius 3 is 2.02 bits per heavy atom. The minimum atomic E-state index is -1.96. The zero-order chi connectivity index (χ0) is 48.4. The van der Waals surface area contributed by atoms with E-state index in [-0.39, 0.29) is 18.3 Å². The van der Waals surface area contributed by atoms with Crippen LogP contribution >= 0.6 is 0 Å². The molecule has 20 heteroatoms. The van der Waals surface area contributed by atoms with Gasteiger partial charge in [0.05, 0.1) is 44.1 Å². The molecule has 5 fully saturated rings. The first-order chi connectivity index (χ1) is 31.1. The number of carboxylic acid groups (broad SMARTS) is 1. The molecule has 3 heterocycles. The number of rotatable bonds is 14. The van der Waals surface area contributed by atoms with E-state index in [0.29, 0.717) is 51.4 Å². The number of allylic oxidation sites excluding steroid dienone is 2. The van der Waals surface area contributed by atoms with Crippen molar-refractivity contribution in [3.05, 3.63) is 22.8 Å². The molecule has 3 aliphatic heterocycles. The molecule has 7 aliphatic rings. The highest BCUT2D eigenvalue weighted by molar-refractivity contribution is 5.82. The van der Waals surface area contributed by atoms with Gasteiger partial charge in [0.2, 0.25) is 0 Å². The summed E-state index contributed by atoms with van der Waals surface area (Å²) in [5, 5.41) is 141. The topological polar surface area (TPSA) is 335 Å². The van der Waals surface area contributed by atoms with Crippen LogP contribution in [-0.4, -0.2) is 203 Å². The van der Waals surface area contributed by atoms with Crippen molar-refractivity contribution in [2.75, 3.05) is 26.4 Å². The van der Waals surface area contributed by atoms with Crippen molar-refractivity contribution in [3.63, 3.8) is 0 Å². The largest absolute Gasteiger partial charge is 0.481 e. The van der Waals surface area contributed by atoms with Crippen LogP contribution in [0.4, 0.5) is 0 Å². The zero-order valence-corrected chi connectivity index (χ0v) is 38.4. The fourth-order valence-corrected chi connectivity index (χ4v) is 13.4. The van der Waals surface area contributed by atoms with Crippen molar-refractivity contribution in [2.24, 2.45) is 34.0 Å². The average Bonchev–Trinajstić information content (AvgIpc) is 3.62. The highest BCUT2D eigenvalue weighted by atomic mass is 16.8. The van der Waals surface area contributed by atoms with Crippen LogP contribution in [0, 0.1) is 34.0 Å². The Balaban J connectivity index is 1.10. The lowest BCUT2D eigenvalue weighted by Crippen LogP contribution is -2.67. The molecule has 0 spiro atoms. The quantitative estimate of drug-likeness (QED) is 0.0866. The number of hydrogen-bond acceptors (Lipinski definition) is 19. The number of fused-ring (bicyclic) bond motifs is 4. The van der Waals surface area contributed by atoms with E-state index in [9.17, 15) is 71.2 Å². The minimum absolute atomic E-state index is 0.0517. The first kappa shape index (κ1) is 52.1. The lowest BCUT2D eigenvalue weighted by molar-refractivity contribution is -0.381. The van der Waals surface area contributed by atoms with Gasteiger partial charge in [-0.2, -0.15) is 0 Å². The molecule has 0 aromatic heterocycles. The first-order valence-corrected chi connectivity index (χ1v) is 23.5. The van der Waals surface area contributed by atoms with Crippen LogP contribution in [0.1, 0.15) is 92.4 Å². The van der Waals surface area contributed by atoms with Gasteiger partial charge in [0.25, 0.3) is 0 Å². The third kappa shape index (κ3) is 8.55. The predicted molar refractivity (Wildman–Crippen MR) is 226 cm³/mol. The fourth-order valence-electron chi connectivity index (χ4n) is 13.4. The number of hydrogen-bond donors (Lipinski definition) is 13. The molecule has 0 bridgehead atoms. The van der Waals surface area contributed by atoms with Gasteiger partial charge in [-0.3, -0.25) is 4.79 Å². The number of carbonyl (C=O) groups is 1. The monoisotopic (exact) mass is 946 g/mol. The van der Waals surface area contributed by atoms with Gasteiger partial charge < -0.3 is 94.8 Å². The molecule has 0 aromatic rings. The lowest BCUT2D eigenvalue weighted by Gasteiger charge is -2.62. The Labute approximate surface area is 384 Å². The van der Waals surface area contributed by atoms with Gasteiger partial charge >= 0.3 is 5.97 Å². The number of aliphatic hydroxyl groups is 12. The molecule has 23 atom stereocenters. The minimum Gasteiger partial charge on any atom is -0.481 e. The average molecular weight is 947 g/mol. The van der Waals surface area contributed by atoms with Gasteiger partial charge in [0.15, 0.2) is 18.9 Å². The molecule has 7 rings (SSSR count). The summed E-state index contributed by atoms with van der Waals surface area (Å²) in [6, 6.07) is 0. The van der Waals surface area contributed by atoms with Crippen molar-refractivity contribution in [2.45, 2.75) is 196 Å². The maximum atomic E-state index is 13.8. The molecule has 20 nitrogen and oxygen atoms in total. The molecule has 2 saturated carbocycles. The molecule has 0 aromatic carbocycles. The summed E-state index contributed by atoms with van der Waals surface area (Å²) in [5.41, 5.74) is -1.62. The van der Waals surface area contributed by atoms with E-state index < -0.39 is 158 Å². The summed E-state index contributed by atoms with van der Waals surface area (Å²) < 4.78 is 35.0. The van der Waals surface area contributed by atoms with Gasteiger partial charge in [-0.1, -0.05) is 43.6 Å². The normalized spacial score (nSPS) is 49.3. The lowest BCUT2D eigenvalue weighted by atomic mass is 9.44. The summed E-state index contributed by atoms with van der Waals surface area (Å²) in [5.74, 6) is -1.74. The van der Waals surface area contributed by atoms with E-state index in [1.54, 1.807) is 0 Å². The van der Waals surface area contributed by atoms with E-state index in [2.05, 4.69) is 6.92 Å². The maximum absolute atomic E-state index is 13.8. The molecule has 0 amide bonds. The van der Waals surface area contributed by atoms with Crippen molar-refractivity contribution < 1.29 is 99.6 Å². The van der Waals surface area contributed by atoms with Crippen molar-refractivity contribution in [3.8, 4) is 0 Å². The van der Waals surface area contributed by atoms with Crippen LogP contribution in [0.2, 0.25) is 0 Å². The summed E-state index contributed by atoms with van der Waals surface area (Å²) in [4.78, 5) is 13.8. The van der Waals surface area contributed by atoms with E-state index in [0.717, 1.165) is 16.7 Å². The Morgan fingerprint density at radius 2 is 1.39 bits per heavy atom. The van der Waals surface area contributed by atoms with Crippen LogP contribution in [0.25, 0.3) is 0 Å². The molecule has 378 valence electrons. The van der Waals surface area contributed by atoms with Gasteiger partial charge in [-0.05, 0) is 94.3 Å². The molecule has 3 saturated heterocycles. The van der Waals surface area contributed by atoms with E-state index in [1.807, 2.05) is 33.8 Å². The van der Waals surface area contributed by atoms with Gasteiger partial charge in [0, 0.05) is 5.92 Å². The summed E-state index contributed by atoms with van der Waals surface area (Å²) in [6.45, 7) is 7.24. The summed E-state index contributed by atoms with van der Waals surface area (Å²) in [7, 11) is 0. The molecular weight excluding hydrogens is 872 g/mol. The molecule has 0 radical (unpaired) electrons. The van der Waals surface area contributed by atoms with E-state index in [1.165, 1.54) is 0 Å². The Hall–Kier alpha value is -1.77. The smallest absolute Gasteiger partial charge is 0.314 e.